The number of nitrogens with one attached hydrogen (secondary N) is 1. The monoisotopic (exact) mass is 397 g/mol. The standard InChI is InChI=1S/C23H23N7/c1-15-4-5-19(12-16(15)2)17-6-8-18(9-7-17)23-24-20-10-11-30(13-21(20)25-23)14-22-26-28-29(3)27-22/h4-12H,13-14H2,1-3H3,(H,24,25). The fraction of sp³-hybridized carbons (Fsp3) is 0.217. The van der Waals surface area contributed by atoms with E-state index >= 15 is 0 Å². The van der Waals surface area contributed by atoms with Gasteiger partial charge in [0.05, 0.1) is 31.5 Å². The molecular formula is C23H23N7. The van der Waals surface area contributed by atoms with E-state index in [-0.39, 0.29) is 0 Å². The summed E-state index contributed by atoms with van der Waals surface area (Å²) in [5, 5.41) is 12.2. The second-order valence-electron chi connectivity index (χ2n) is 7.74. The lowest BCUT2D eigenvalue weighted by Gasteiger charge is -2.20. The van der Waals surface area contributed by atoms with Crippen LogP contribution in [0, 0.1) is 13.8 Å². The lowest BCUT2D eigenvalue weighted by molar-refractivity contribution is 0.345. The predicted octanol–water partition coefficient (Wildman–Crippen LogP) is 3.87. The number of aromatic nitrogens is 6. The summed E-state index contributed by atoms with van der Waals surface area (Å²) in [7, 11) is 1.77. The summed E-state index contributed by atoms with van der Waals surface area (Å²) in [6.45, 7) is 5.61. The topological polar surface area (TPSA) is 75.5 Å². The molecule has 0 amide bonds. The van der Waals surface area contributed by atoms with Gasteiger partial charge in [0.2, 0.25) is 0 Å². The Hall–Kier alpha value is -3.74. The summed E-state index contributed by atoms with van der Waals surface area (Å²) in [6.07, 6.45) is 4.10. The van der Waals surface area contributed by atoms with Gasteiger partial charge in [-0.15, -0.1) is 10.2 Å². The molecule has 2 aromatic heterocycles. The Balaban J connectivity index is 1.34. The van der Waals surface area contributed by atoms with Crippen LogP contribution in [0.1, 0.15) is 28.3 Å². The zero-order chi connectivity index (χ0) is 20.7. The number of tetrazole rings is 1. The largest absolute Gasteiger partial charge is 0.364 e. The highest BCUT2D eigenvalue weighted by Crippen LogP contribution is 2.27. The Bertz CT molecular complexity index is 1230. The highest BCUT2D eigenvalue weighted by molar-refractivity contribution is 5.69. The maximum Gasteiger partial charge on any atom is 0.193 e. The molecule has 0 spiro atoms. The molecule has 7 heteroatoms. The van der Waals surface area contributed by atoms with E-state index in [1.165, 1.54) is 27.1 Å². The highest BCUT2D eigenvalue weighted by atomic mass is 15.6. The molecule has 1 N–H and O–H groups in total. The Morgan fingerprint density at radius 2 is 1.73 bits per heavy atom. The van der Waals surface area contributed by atoms with E-state index in [4.69, 9.17) is 4.98 Å². The summed E-state index contributed by atoms with van der Waals surface area (Å²) < 4.78 is 0. The molecule has 0 fully saturated rings. The first-order valence-electron chi connectivity index (χ1n) is 9.97. The smallest absolute Gasteiger partial charge is 0.193 e. The highest BCUT2D eigenvalue weighted by Gasteiger charge is 2.17. The molecule has 0 unspecified atom stereocenters. The van der Waals surface area contributed by atoms with Crippen LogP contribution in [-0.2, 0) is 20.1 Å². The van der Waals surface area contributed by atoms with Crippen molar-refractivity contribution in [3.05, 3.63) is 77.0 Å². The molecular weight excluding hydrogens is 374 g/mol. The Morgan fingerprint density at radius 1 is 0.967 bits per heavy atom. The number of benzene rings is 2. The number of aryl methyl sites for hydroxylation is 3. The Labute approximate surface area is 175 Å². The molecule has 150 valence electrons. The Kier molecular flexibility index (Phi) is 4.43. The van der Waals surface area contributed by atoms with Crippen LogP contribution in [0.15, 0.2) is 48.7 Å². The fourth-order valence-corrected chi connectivity index (χ4v) is 3.66. The average Bonchev–Trinajstić information content (AvgIpc) is 3.36. The minimum atomic E-state index is 0.608. The fourth-order valence-electron chi connectivity index (χ4n) is 3.66. The van der Waals surface area contributed by atoms with Gasteiger partial charge >= 0.3 is 0 Å². The van der Waals surface area contributed by atoms with E-state index in [0.29, 0.717) is 18.9 Å². The summed E-state index contributed by atoms with van der Waals surface area (Å²) in [6, 6.07) is 15.1. The lowest BCUT2D eigenvalue weighted by atomic mass is 9.99. The van der Waals surface area contributed by atoms with Gasteiger partial charge in [-0.05, 0) is 47.4 Å². The van der Waals surface area contributed by atoms with Crippen LogP contribution >= 0.6 is 0 Å². The first kappa shape index (κ1) is 18.3. The molecule has 1 aliphatic heterocycles. The molecule has 30 heavy (non-hydrogen) atoms. The maximum atomic E-state index is 4.84. The molecule has 0 atom stereocenters. The molecule has 2 aromatic carbocycles. The molecule has 0 radical (unpaired) electrons. The third-order valence-corrected chi connectivity index (χ3v) is 5.51. The summed E-state index contributed by atoms with van der Waals surface area (Å²) in [5.41, 5.74) is 8.21. The van der Waals surface area contributed by atoms with Crippen LogP contribution in [0.4, 0.5) is 0 Å². The third kappa shape index (κ3) is 3.50. The SMILES string of the molecule is Cc1ccc(-c2ccc(-c3nc4c([nH]3)C=CN(Cc3nnn(C)n3)C4)cc2)cc1C. The normalized spacial score (nSPS) is 13.0. The third-order valence-electron chi connectivity index (χ3n) is 5.51. The van der Waals surface area contributed by atoms with Crippen LogP contribution in [0.3, 0.4) is 0 Å². The van der Waals surface area contributed by atoms with Crippen LogP contribution < -0.4 is 0 Å². The number of nitrogens with zero attached hydrogens (tertiary/aromatic N) is 6. The molecule has 5 rings (SSSR count). The van der Waals surface area contributed by atoms with Gasteiger partial charge in [-0.1, -0.05) is 42.5 Å². The van der Waals surface area contributed by atoms with Gasteiger partial charge < -0.3 is 9.88 Å². The van der Waals surface area contributed by atoms with Gasteiger partial charge in [-0.25, -0.2) is 4.98 Å². The molecule has 0 aliphatic carbocycles. The first-order valence-corrected chi connectivity index (χ1v) is 9.97. The van der Waals surface area contributed by atoms with Crippen molar-refractivity contribution in [1.29, 1.82) is 0 Å². The van der Waals surface area contributed by atoms with Crippen molar-refractivity contribution >= 4 is 6.08 Å². The van der Waals surface area contributed by atoms with E-state index in [0.717, 1.165) is 22.8 Å². The van der Waals surface area contributed by atoms with Gasteiger partial charge in [0.1, 0.15) is 5.82 Å². The summed E-state index contributed by atoms with van der Waals surface area (Å²) in [5.74, 6) is 1.58. The first-order chi connectivity index (χ1) is 14.5. The minimum Gasteiger partial charge on any atom is -0.364 e. The van der Waals surface area contributed by atoms with E-state index in [1.807, 2.05) is 6.20 Å². The number of hydrogen-bond donors (Lipinski definition) is 1. The molecule has 1 aliphatic rings. The van der Waals surface area contributed by atoms with Crippen molar-refractivity contribution in [3.63, 3.8) is 0 Å². The van der Waals surface area contributed by atoms with Crippen LogP contribution in [0.5, 0.6) is 0 Å². The van der Waals surface area contributed by atoms with Crippen molar-refractivity contribution in [2.75, 3.05) is 0 Å². The molecule has 0 saturated carbocycles. The second-order valence-corrected chi connectivity index (χ2v) is 7.74. The number of aromatic amines is 1. The van der Waals surface area contributed by atoms with E-state index in [2.05, 4.69) is 87.7 Å². The van der Waals surface area contributed by atoms with Gasteiger partial charge in [0, 0.05) is 11.8 Å². The zero-order valence-corrected chi connectivity index (χ0v) is 17.3. The van der Waals surface area contributed by atoms with Gasteiger partial charge in [-0.2, -0.15) is 4.80 Å². The number of imidazole rings is 1. The van der Waals surface area contributed by atoms with Crippen molar-refractivity contribution in [2.24, 2.45) is 7.05 Å². The van der Waals surface area contributed by atoms with Gasteiger partial charge in [0.25, 0.3) is 0 Å². The predicted molar refractivity (Wildman–Crippen MR) is 116 cm³/mol. The van der Waals surface area contributed by atoms with E-state index in [1.54, 1.807) is 7.05 Å². The second kappa shape index (κ2) is 7.26. The van der Waals surface area contributed by atoms with Crippen LogP contribution in [-0.4, -0.2) is 35.1 Å². The molecule has 7 nitrogen and oxygen atoms in total. The maximum absolute atomic E-state index is 4.84. The summed E-state index contributed by atoms with van der Waals surface area (Å²) in [4.78, 5) is 11.9. The zero-order valence-electron chi connectivity index (χ0n) is 17.3. The number of hydrogen-bond acceptors (Lipinski definition) is 5. The number of fused-ring (bicyclic) bond motifs is 1. The molecule has 4 aromatic rings. The molecule has 0 bridgehead atoms. The van der Waals surface area contributed by atoms with Crippen LogP contribution in [0.2, 0.25) is 0 Å². The lowest BCUT2D eigenvalue weighted by Crippen LogP contribution is -2.20. The average molecular weight is 397 g/mol. The van der Waals surface area contributed by atoms with Crippen LogP contribution in [0.25, 0.3) is 28.6 Å². The number of rotatable bonds is 4. The van der Waals surface area contributed by atoms with Crippen molar-refractivity contribution in [1.82, 2.24) is 35.1 Å². The van der Waals surface area contributed by atoms with E-state index in [9.17, 15) is 0 Å². The molecule has 3 heterocycles. The summed E-state index contributed by atoms with van der Waals surface area (Å²) >= 11 is 0. The number of H-pyrrole nitrogens is 1. The Morgan fingerprint density at radius 3 is 2.47 bits per heavy atom. The van der Waals surface area contributed by atoms with Crippen molar-refractivity contribution < 1.29 is 0 Å². The minimum absolute atomic E-state index is 0.608. The van der Waals surface area contributed by atoms with Crippen molar-refractivity contribution in [3.8, 4) is 22.5 Å². The van der Waals surface area contributed by atoms with E-state index < -0.39 is 0 Å². The van der Waals surface area contributed by atoms with Crippen molar-refractivity contribution in [2.45, 2.75) is 26.9 Å². The quantitative estimate of drug-likeness (QED) is 0.566. The molecule has 0 saturated heterocycles. The van der Waals surface area contributed by atoms with Gasteiger partial charge in [0.15, 0.2) is 5.82 Å². The van der Waals surface area contributed by atoms with Gasteiger partial charge in [-0.3, -0.25) is 0 Å².